The molecule has 1 aliphatic rings. The van der Waals surface area contributed by atoms with Gasteiger partial charge in [-0.05, 0) is 43.5 Å². The van der Waals surface area contributed by atoms with E-state index in [0.29, 0.717) is 18.5 Å². The van der Waals surface area contributed by atoms with Crippen molar-refractivity contribution >= 4 is 11.6 Å². The lowest BCUT2D eigenvalue weighted by Crippen LogP contribution is -2.43. The largest absolute Gasteiger partial charge is 0.391 e. The molecule has 0 radical (unpaired) electrons. The van der Waals surface area contributed by atoms with Gasteiger partial charge in [-0.2, -0.15) is 18.3 Å². The number of halogens is 4. The number of hydrogen-bond acceptors (Lipinski definition) is 3. The van der Waals surface area contributed by atoms with Gasteiger partial charge in [-0.3, -0.25) is 4.79 Å². The van der Waals surface area contributed by atoms with Gasteiger partial charge in [-0.1, -0.05) is 6.42 Å². The number of amides is 1. The lowest BCUT2D eigenvalue weighted by Gasteiger charge is -2.31. The molecule has 0 saturated heterocycles. The summed E-state index contributed by atoms with van der Waals surface area (Å²) in [5.74, 6) is -2.29. The van der Waals surface area contributed by atoms with Crippen molar-refractivity contribution in [3.05, 3.63) is 42.5 Å². The van der Waals surface area contributed by atoms with Crippen LogP contribution in [0.5, 0.6) is 0 Å². The summed E-state index contributed by atoms with van der Waals surface area (Å²) in [5.41, 5.74) is 0.672. The molecule has 146 valence electrons. The molecule has 0 unspecified atom stereocenters. The topological polar surface area (TPSA) is 59.0 Å². The van der Waals surface area contributed by atoms with E-state index in [0.717, 1.165) is 0 Å². The van der Waals surface area contributed by atoms with Crippen LogP contribution in [0, 0.1) is 11.7 Å². The lowest BCUT2D eigenvalue weighted by molar-refractivity contribution is -0.184. The molecule has 2 aromatic rings. The van der Waals surface area contributed by atoms with E-state index in [1.807, 2.05) is 0 Å². The minimum atomic E-state index is -4.23. The first-order chi connectivity index (χ1) is 12.8. The number of anilines is 1. The Labute approximate surface area is 153 Å². The van der Waals surface area contributed by atoms with Crippen molar-refractivity contribution in [2.24, 2.45) is 5.92 Å². The van der Waals surface area contributed by atoms with Crippen LogP contribution in [-0.4, -0.2) is 34.5 Å². The molecule has 0 bridgehead atoms. The maximum absolute atomic E-state index is 14.2. The van der Waals surface area contributed by atoms with Crippen LogP contribution in [0.25, 0.3) is 5.69 Å². The summed E-state index contributed by atoms with van der Waals surface area (Å²) in [5, 5.41) is 9.37. The third-order valence-electron chi connectivity index (χ3n) is 4.65. The average Bonchev–Trinajstić information content (AvgIpc) is 3.14. The van der Waals surface area contributed by atoms with Crippen LogP contribution in [0.2, 0.25) is 0 Å². The summed E-state index contributed by atoms with van der Waals surface area (Å²) >= 11 is 0. The highest BCUT2D eigenvalue weighted by Crippen LogP contribution is 2.37. The van der Waals surface area contributed by atoms with Gasteiger partial charge in [0.2, 0.25) is 5.91 Å². The van der Waals surface area contributed by atoms with Crippen LogP contribution in [0.3, 0.4) is 0 Å². The molecule has 1 amide bonds. The van der Waals surface area contributed by atoms with Gasteiger partial charge in [0.15, 0.2) is 5.82 Å². The number of benzene rings is 1. The Morgan fingerprint density at radius 2 is 2.11 bits per heavy atom. The van der Waals surface area contributed by atoms with Crippen molar-refractivity contribution in [1.29, 1.82) is 0 Å². The molecule has 9 heteroatoms. The molecule has 0 aliphatic heterocycles. The van der Waals surface area contributed by atoms with E-state index < -0.39 is 29.9 Å². The highest BCUT2D eigenvalue weighted by atomic mass is 19.4. The summed E-state index contributed by atoms with van der Waals surface area (Å²) in [6, 6.07) is 5.55. The SMILES string of the molecule is O=C(CNc1ccc(-n2cccn2)c(F)c1)N[C@H]1CCC[C@H](C(F)(F)F)C1. The summed E-state index contributed by atoms with van der Waals surface area (Å²) < 4.78 is 54.0. The van der Waals surface area contributed by atoms with Gasteiger partial charge in [0.25, 0.3) is 0 Å². The van der Waals surface area contributed by atoms with Crippen molar-refractivity contribution in [1.82, 2.24) is 15.1 Å². The van der Waals surface area contributed by atoms with Crippen molar-refractivity contribution in [2.75, 3.05) is 11.9 Å². The van der Waals surface area contributed by atoms with Gasteiger partial charge < -0.3 is 10.6 Å². The molecular formula is C18H20F4N4O. The third-order valence-corrected chi connectivity index (χ3v) is 4.65. The number of nitrogens with zero attached hydrogens (tertiary/aromatic N) is 2. The summed E-state index contributed by atoms with van der Waals surface area (Å²) in [6.45, 7) is -0.145. The molecule has 27 heavy (non-hydrogen) atoms. The molecule has 3 rings (SSSR count). The van der Waals surface area contributed by atoms with E-state index in [1.54, 1.807) is 18.3 Å². The molecule has 1 aromatic heterocycles. The van der Waals surface area contributed by atoms with Crippen LogP contribution >= 0.6 is 0 Å². The van der Waals surface area contributed by atoms with Crippen LogP contribution in [-0.2, 0) is 4.79 Å². The van der Waals surface area contributed by atoms with Gasteiger partial charge in [0, 0.05) is 24.1 Å². The fourth-order valence-electron chi connectivity index (χ4n) is 3.29. The molecular weight excluding hydrogens is 364 g/mol. The number of carbonyl (C=O) groups is 1. The fourth-order valence-corrected chi connectivity index (χ4v) is 3.29. The van der Waals surface area contributed by atoms with E-state index in [9.17, 15) is 22.4 Å². The van der Waals surface area contributed by atoms with Crippen molar-refractivity contribution in [2.45, 2.75) is 37.9 Å². The van der Waals surface area contributed by atoms with E-state index in [-0.39, 0.29) is 25.1 Å². The summed E-state index contributed by atoms with van der Waals surface area (Å²) in [7, 11) is 0. The molecule has 2 atom stereocenters. The zero-order valence-corrected chi connectivity index (χ0v) is 14.5. The quantitative estimate of drug-likeness (QED) is 0.774. The second-order valence-corrected chi connectivity index (χ2v) is 6.64. The molecule has 1 heterocycles. The second kappa shape index (κ2) is 7.98. The highest BCUT2D eigenvalue weighted by Gasteiger charge is 2.42. The average molecular weight is 384 g/mol. The van der Waals surface area contributed by atoms with Crippen molar-refractivity contribution < 1.29 is 22.4 Å². The van der Waals surface area contributed by atoms with Crippen LogP contribution in [0.4, 0.5) is 23.2 Å². The standard InChI is InChI=1S/C18H20F4N4O/c19-15-10-13(5-6-16(15)26-8-2-7-24-26)23-11-17(27)25-14-4-1-3-12(9-14)18(20,21)22/h2,5-8,10,12,14,23H,1,3-4,9,11H2,(H,25,27)/t12-,14-/m0/s1. The zero-order valence-electron chi connectivity index (χ0n) is 14.5. The Morgan fingerprint density at radius 1 is 1.30 bits per heavy atom. The number of nitrogens with one attached hydrogen (secondary N) is 2. The van der Waals surface area contributed by atoms with Gasteiger partial charge >= 0.3 is 6.18 Å². The molecule has 2 N–H and O–H groups in total. The zero-order chi connectivity index (χ0) is 19.4. The van der Waals surface area contributed by atoms with Gasteiger partial charge in [-0.25, -0.2) is 9.07 Å². The van der Waals surface area contributed by atoms with E-state index in [4.69, 9.17) is 0 Å². The predicted molar refractivity (Wildman–Crippen MR) is 92.0 cm³/mol. The Kier molecular flexibility index (Phi) is 5.67. The Balaban J connectivity index is 1.51. The molecule has 1 aromatic carbocycles. The lowest BCUT2D eigenvalue weighted by atomic mass is 9.85. The number of hydrogen-bond donors (Lipinski definition) is 2. The predicted octanol–water partition coefficient (Wildman–Crippen LogP) is 3.66. The molecule has 1 aliphatic carbocycles. The molecule has 0 spiro atoms. The third kappa shape index (κ3) is 4.99. The van der Waals surface area contributed by atoms with E-state index in [2.05, 4.69) is 15.7 Å². The first-order valence-electron chi connectivity index (χ1n) is 8.72. The van der Waals surface area contributed by atoms with Crippen molar-refractivity contribution in [3.8, 4) is 5.69 Å². The Morgan fingerprint density at radius 3 is 2.78 bits per heavy atom. The van der Waals surface area contributed by atoms with Gasteiger partial charge in [0.05, 0.1) is 12.5 Å². The van der Waals surface area contributed by atoms with E-state index >= 15 is 0 Å². The van der Waals surface area contributed by atoms with Crippen molar-refractivity contribution in [3.63, 3.8) is 0 Å². The Bertz CT molecular complexity index is 776. The minimum Gasteiger partial charge on any atom is -0.376 e. The monoisotopic (exact) mass is 384 g/mol. The van der Waals surface area contributed by atoms with E-state index in [1.165, 1.54) is 23.0 Å². The minimum absolute atomic E-state index is 0.0948. The van der Waals surface area contributed by atoms with Crippen LogP contribution < -0.4 is 10.6 Å². The first-order valence-corrected chi connectivity index (χ1v) is 8.72. The Hall–Kier alpha value is -2.58. The van der Waals surface area contributed by atoms with Gasteiger partial charge in [-0.15, -0.1) is 0 Å². The maximum Gasteiger partial charge on any atom is 0.391 e. The smallest absolute Gasteiger partial charge is 0.376 e. The number of alkyl halides is 3. The maximum atomic E-state index is 14.2. The highest BCUT2D eigenvalue weighted by molar-refractivity contribution is 5.81. The van der Waals surface area contributed by atoms with Gasteiger partial charge in [0.1, 0.15) is 5.69 Å². The summed E-state index contributed by atoms with van der Waals surface area (Å²) in [6.07, 6.45) is -0.107. The molecule has 5 nitrogen and oxygen atoms in total. The van der Waals surface area contributed by atoms with Crippen LogP contribution in [0.1, 0.15) is 25.7 Å². The molecule has 1 fully saturated rings. The summed E-state index contributed by atoms with van der Waals surface area (Å²) in [4.78, 5) is 12.0. The normalized spacial score (nSPS) is 20.3. The van der Waals surface area contributed by atoms with Crippen LogP contribution in [0.15, 0.2) is 36.7 Å². The first kappa shape index (κ1) is 19.2. The number of aromatic nitrogens is 2. The fraction of sp³-hybridized carbons (Fsp3) is 0.444. The molecule has 1 saturated carbocycles. The number of carbonyl (C=O) groups excluding carboxylic acids is 1. The number of rotatable bonds is 5. The second-order valence-electron chi connectivity index (χ2n) is 6.64.